The zero-order valence-electron chi connectivity index (χ0n) is 17.2. The van der Waals surface area contributed by atoms with Gasteiger partial charge in [-0.2, -0.15) is 0 Å². The number of hydrogen-bond acceptors (Lipinski definition) is 5. The second kappa shape index (κ2) is 10.1. The molecule has 0 saturated heterocycles. The summed E-state index contributed by atoms with van der Waals surface area (Å²) in [5.41, 5.74) is 3.29. The monoisotopic (exact) mass is 350 g/mol. The molecule has 0 radical (unpaired) electrons. The Bertz CT molecular complexity index is 484. The predicted molar refractivity (Wildman–Crippen MR) is 107 cm³/mol. The van der Waals surface area contributed by atoms with Gasteiger partial charge >= 0.3 is 0 Å². The summed E-state index contributed by atoms with van der Waals surface area (Å²) in [6.07, 6.45) is 0. The van der Waals surface area contributed by atoms with Crippen LogP contribution in [0.15, 0.2) is 12.1 Å². The first-order valence-electron chi connectivity index (χ1n) is 9.17. The number of aromatic hydroxyl groups is 1. The molecule has 1 aromatic rings. The number of nitrogens with zero attached hydrogens (tertiary/aromatic N) is 2. The fourth-order valence-electron chi connectivity index (χ4n) is 2.51. The lowest BCUT2D eigenvalue weighted by atomic mass is 9.84. The molecule has 0 unspecified atom stereocenters. The minimum atomic E-state index is 0.0600. The molecule has 0 aliphatic heterocycles. The summed E-state index contributed by atoms with van der Waals surface area (Å²) in [5.74, 6) is 0.419. The predicted octanol–water partition coefficient (Wildman–Crippen LogP) is 1.99. The van der Waals surface area contributed by atoms with Gasteiger partial charge in [-0.05, 0) is 39.2 Å². The molecule has 5 heteroatoms. The molecular weight excluding hydrogens is 312 g/mol. The van der Waals surface area contributed by atoms with Crippen LogP contribution in [-0.2, 0) is 18.5 Å². The molecule has 0 fully saturated rings. The standard InChI is InChI=1S/C20H38N4O/c1-20(2,3)18-12-16(14-21-8-10-23(4)5)19(25)17(13-18)15-22-9-11-24(6)7/h12-13,21-22,25H,8-11,14-15H2,1-7H3. The smallest absolute Gasteiger partial charge is 0.124 e. The van der Waals surface area contributed by atoms with Crippen molar-refractivity contribution in [2.45, 2.75) is 39.3 Å². The third-order valence-electron chi connectivity index (χ3n) is 4.24. The van der Waals surface area contributed by atoms with Gasteiger partial charge in [0.2, 0.25) is 0 Å². The number of hydrogen-bond donors (Lipinski definition) is 3. The van der Waals surface area contributed by atoms with Crippen molar-refractivity contribution in [1.82, 2.24) is 20.4 Å². The molecule has 0 heterocycles. The summed E-state index contributed by atoms with van der Waals surface area (Å²) < 4.78 is 0. The minimum Gasteiger partial charge on any atom is -0.507 e. The summed E-state index contributed by atoms with van der Waals surface area (Å²) in [7, 11) is 8.27. The highest BCUT2D eigenvalue weighted by Crippen LogP contribution is 2.31. The Labute approximate surface area is 154 Å². The van der Waals surface area contributed by atoms with Crippen LogP contribution >= 0.6 is 0 Å². The van der Waals surface area contributed by atoms with E-state index >= 15 is 0 Å². The van der Waals surface area contributed by atoms with Crippen molar-refractivity contribution in [3.05, 3.63) is 28.8 Å². The van der Waals surface area contributed by atoms with Crippen LogP contribution in [0, 0.1) is 0 Å². The summed E-state index contributed by atoms with van der Waals surface area (Å²) in [5, 5.41) is 17.6. The average molecular weight is 351 g/mol. The lowest BCUT2D eigenvalue weighted by Crippen LogP contribution is -2.27. The van der Waals surface area contributed by atoms with Crippen molar-refractivity contribution < 1.29 is 5.11 Å². The van der Waals surface area contributed by atoms with Crippen molar-refractivity contribution >= 4 is 0 Å². The Morgan fingerprint density at radius 1 is 0.840 bits per heavy atom. The molecule has 0 saturated carbocycles. The molecule has 5 nitrogen and oxygen atoms in total. The second-order valence-electron chi connectivity index (χ2n) is 8.35. The van der Waals surface area contributed by atoms with Gasteiger partial charge in [-0.15, -0.1) is 0 Å². The Morgan fingerprint density at radius 3 is 1.56 bits per heavy atom. The quantitative estimate of drug-likeness (QED) is 0.564. The molecule has 0 aliphatic carbocycles. The van der Waals surface area contributed by atoms with E-state index in [-0.39, 0.29) is 5.41 Å². The zero-order chi connectivity index (χ0) is 19.0. The number of phenolic OH excluding ortho intramolecular Hbond substituents is 1. The van der Waals surface area contributed by atoms with Crippen molar-refractivity contribution in [3.63, 3.8) is 0 Å². The maximum atomic E-state index is 10.7. The van der Waals surface area contributed by atoms with E-state index in [1.54, 1.807) is 0 Å². The maximum absolute atomic E-state index is 10.7. The van der Waals surface area contributed by atoms with E-state index in [1.807, 2.05) is 0 Å². The first-order valence-corrected chi connectivity index (χ1v) is 9.17. The number of phenols is 1. The van der Waals surface area contributed by atoms with Gasteiger partial charge < -0.3 is 25.5 Å². The number of nitrogens with one attached hydrogen (secondary N) is 2. The molecule has 25 heavy (non-hydrogen) atoms. The Balaban J connectivity index is 2.85. The summed E-state index contributed by atoms with van der Waals surface area (Å²) in [6.45, 7) is 11.8. The van der Waals surface area contributed by atoms with Crippen LogP contribution in [-0.4, -0.2) is 69.3 Å². The van der Waals surface area contributed by atoms with Gasteiger partial charge in [-0.25, -0.2) is 0 Å². The summed E-state index contributed by atoms with van der Waals surface area (Å²) in [4.78, 5) is 4.30. The molecule has 144 valence electrons. The van der Waals surface area contributed by atoms with Crippen molar-refractivity contribution in [3.8, 4) is 5.75 Å². The molecule has 0 atom stereocenters. The number of benzene rings is 1. The highest BCUT2D eigenvalue weighted by Gasteiger charge is 2.18. The third-order valence-corrected chi connectivity index (χ3v) is 4.24. The van der Waals surface area contributed by atoms with Gasteiger partial charge in [0, 0.05) is 50.4 Å². The van der Waals surface area contributed by atoms with E-state index in [2.05, 4.69) is 81.5 Å². The maximum Gasteiger partial charge on any atom is 0.124 e. The lowest BCUT2D eigenvalue weighted by molar-refractivity contribution is 0.394. The lowest BCUT2D eigenvalue weighted by Gasteiger charge is -2.23. The largest absolute Gasteiger partial charge is 0.507 e. The minimum absolute atomic E-state index is 0.0600. The highest BCUT2D eigenvalue weighted by atomic mass is 16.3. The van der Waals surface area contributed by atoms with Crippen LogP contribution in [0.3, 0.4) is 0 Å². The Kier molecular flexibility index (Phi) is 8.86. The molecule has 0 bridgehead atoms. The molecule has 1 rings (SSSR count). The molecule has 0 spiro atoms. The number of rotatable bonds is 10. The van der Waals surface area contributed by atoms with E-state index in [4.69, 9.17) is 0 Å². The normalized spacial score (nSPS) is 12.4. The van der Waals surface area contributed by atoms with Crippen molar-refractivity contribution in [1.29, 1.82) is 0 Å². The third kappa shape index (κ3) is 8.19. The zero-order valence-corrected chi connectivity index (χ0v) is 17.2. The van der Waals surface area contributed by atoms with E-state index in [0.717, 1.165) is 37.3 Å². The topological polar surface area (TPSA) is 50.8 Å². The van der Waals surface area contributed by atoms with E-state index in [1.165, 1.54) is 5.56 Å². The van der Waals surface area contributed by atoms with Crippen LogP contribution in [0.1, 0.15) is 37.5 Å². The van der Waals surface area contributed by atoms with Crippen LogP contribution in [0.4, 0.5) is 0 Å². The molecule has 0 amide bonds. The van der Waals surface area contributed by atoms with E-state index in [0.29, 0.717) is 18.8 Å². The van der Waals surface area contributed by atoms with Crippen LogP contribution in [0.2, 0.25) is 0 Å². The fourth-order valence-corrected chi connectivity index (χ4v) is 2.51. The summed E-state index contributed by atoms with van der Waals surface area (Å²) in [6, 6.07) is 4.28. The second-order valence-corrected chi connectivity index (χ2v) is 8.35. The van der Waals surface area contributed by atoms with Gasteiger partial charge in [0.05, 0.1) is 0 Å². The number of likely N-dealkylation sites (N-methyl/N-ethyl adjacent to an activating group) is 2. The van der Waals surface area contributed by atoms with Gasteiger partial charge in [-0.3, -0.25) is 0 Å². The Morgan fingerprint density at radius 2 is 1.24 bits per heavy atom. The first kappa shape index (κ1) is 21.9. The highest BCUT2D eigenvalue weighted by molar-refractivity contribution is 5.45. The Hall–Kier alpha value is -1.14. The average Bonchev–Trinajstić information content (AvgIpc) is 2.49. The van der Waals surface area contributed by atoms with E-state index < -0.39 is 0 Å². The first-order chi connectivity index (χ1) is 11.6. The van der Waals surface area contributed by atoms with Gasteiger partial charge in [0.25, 0.3) is 0 Å². The molecular formula is C20H38N4O. The summed E-state index contributed by atoms with van der Waals surface area (Å²) >= 11 is 0. The van der Waals surface area contributed by atoms with Gasteiger partial charge in [0.1, 0.15) is 5.75 Å². The molecule has 0 aromatic heterocycles. The van der Waals surface area contributed by atoms with Crippen molar-refractivity contribution in [2.24, 2.45) is 0 Å². The SMILES string of the molecule is CN(C)CCNCc1cc(C(C)(C)C)cc(CNCCN(C)C)c1O. The fraction of sp³-hybridized carbons (Fsp3) is 0.700. The van der Waals surface area contributed by atoms with Crippen LogP contribution in [0.25, 0.3) is 0 Å². The van der Waals surface area contributed by atoms with Gasteiger partial charge in [-0.1, -0.05) is 32.9 Å². The van der Waals surface area contributed by atoms with Crippen molar-refractivity contribution in [2.75, 3.05) is 54.4 Å². The van der Waals surface area contributed by atoms with E-state index in [9.17, 15) is 5.11 Å². The molecule has 1 aromatic carbocycles. The van der Waals surface area contributed by atoms with Crippen LogP contribution < -0.4 is 10.6 Å². The van der Waals surface area contributed by atoms with Crippen LogP contribution in [0.5, 0.6) is 5.75 Å². The molecule has 0 aliphatic rings. The van der Waals surface area contributed by atoms with Gasteiger partial charge in [0.15, 0.2) is 0 Å². The molecule has 3 N–H and O–H groups in total.